The smallest absolute Gasteiger partial charge is 0.0502 e. The monoisotopic (exact) mass is 179 g/mol. The highest BCUT2D eigenvalue weighted by Crippen LogP contribution is 2.06. The molecule has 0 heterocycles. The van der Waals surface area contributed by atoms with E-state index in [1.165, 1.54) is 11.1 Å². The van der Waals surface area contributed by atoms with Gasteiger partial charge in [-0.1, -0.05) is 24.3 Å². The Morgan fingerprint density at radius 3 is 2.54 bits per heavy atom. The summed E-state index contributed by atoms with van der Waals surface area (Å²) in [6, 6.07) is 8.52. The van der Waals surface area contributed by atoms with Crippen LogP contribution in [0.25, 0.3) is 0 Å². The SMILES string of the molecule is COCCc1cccc(CCN)c1. The van der Waals surface area contributed by atoms with Gasteiger partial charge in [-0.25, -0.2) is 0 Å². The predicted molar refractivity (Wildman–Crippen MR) is 54.8 cm³/mol. The molecular weight excluding hydrogens is 162 g/mol. The molecule has 1 aromatic carbocycles. The summed E-state index contributed by atoms with van der Waals surface area (Å²) in [4.78, 5) is 0. The van der Waals surface area contributed by atoms with Gasteiger partial charge in [-0.05, 0) is 30.5 Å². The molecule has 2 N–H and O–H groups in total. The van der Waals surface area contributed by atoms with Crippen molar-refractivity contribution in [3.8, 4) is 0 Å². The lowest BCUT2D eigenvalue weighted by Gasteiger charge is -2.03. The maximum absolute atomic E-state index is 5.49. The number of ether oxygens (including phenoxy) is 1. The van der Waals surface area contributed by atoms with Crippen LogP contribution in [0.4, 0.5) is 0 Å². The van der Waals surface area contributed by atoms with E-state index in [1.54, 1.807) is 7.11 Å². The third kappa shape index (κ3) is 3.57. The molecular formula is C11H17NO. The van der Waals surface area contributed by atoms with E-state index in [0.717, 1.165) is 19.4 Å². The summed E-state index contributed by atoms with van der Waals surface area (Å²) < 4.78 is 5.02. The molecule has 1 rings (SSSR count). The molecule has 0 aromatic heterocycles. The van der Waals surface area contributed by atoms with Gasteiger partial charge in [0.15, 0.2) is 0 Å². The molecule has 0 bridgehead atoms. The second-order valence-corrected chi connectivity index (χ2v) is 3.10. The van der Waals surface area contributed by atoms with E-state index in [-0.39, 0.29) is 0 Å². The number of rotatable bonds is 5. The van der Waals surface area contributed by atoms with E-state index in [0.29, 0.717) is 6.54 Å². The maximum atomic E-state index is 5.49. The Bertz CT molecular complexity index is 248. The zero-order chi connectivity index (χ0) is 9.52. The van der Waals surface area contributed by atoms with Crippen molar-refractivity contribution in [2.75, 3.05) is 20.3 Å². The van der Waals surface area contributed by atoms with E-state index < -0.39 is 0 Å². The summed E-state index contributed by atoms with van der Waals surface area (Å²) in [6.45, 7) is 1.50. The first-order chi connectivity index (χ1) is 6.36. The third-order valence-electron chi connectivity index (χ3n) is 2.02. The van der Waals surface area contributed by atoms with Crippen LogP contribution in [-0.4, -0.2) is 20.3 Å². The highest BCUT2D eigenvalue weighted by Gasteiger charge is 1.94. The van der Waals surface area contributed by atoms with Crippen molar-refractivity contribution in [3.63, 3.8) is 0 Å². The average Bonchev–Trinajstić information content (AvgIpc) is 2.16. The summed E-state index contributed by atoms with van der Waals surface area (Å²) in [6.07, 6.45) is 1.94. The Morgan fingerprint density at radius 1 is 1.23 bits per heavy atom. The molecule has 0 fully saturated rings. The number of methoxy groups -OCH3 is 1. The molecule has 0 unspecified atom stereocenters. The lowest BCUT2D eigenvalue weighted by atomic mass is 10.1. The second-order valence-electron chi connectivity index (χ2n) is 3.10. The van der Waals surface area contributed by atoms with Gasteiger partial charge >= 0.3 is 0 Å². The first-order valence-corrected chi connectivity index (χ1v) is 4.63. The lowest BCUT2D eigenvalue weighted by molar-refractivity contribution is 0.202. The first kappa shape index (κ1) is 10.2. The predicted octanol–water partition coefficient (Wildman–Crippen LogP) is 1.38. The van der Waals surface area contributed by atoms with Crippen LogP contribution in [0.1, 0.15) is 11.1 Å². The van der Waals surface area contributed by atoms with E-state index >= 15 is 0 Å². The molecule has 2 heteroatoms. The van der Waals surface area contributed by atoms with Crippen molar-refractivity contribution in [2.24, 2.45) is 5.73 Å². The van der Waals surface area contributed by atoms with Crippen molar-refractivity contribution in [1.82, 2.24) is 0 Å². The third-order valence-corrected chi connectivity index (χ3v) is 2.02. The van der Waals surface area contributed by atoms with Gasteiger partial charge < -0.3 is 10.5 Å². The highest BCUT2D eigenvalue weighted by atomic mass is 16.5. The first-order valence-electron chi connectivity index (χ1n) is 4.63. The molecule has 0 spiro atoms. The van der Waals surface area contributed by atoms with Crippen LogP contribution in [-0.2, 0) is 17.6 Å². The van der Waals surface area contributed by atoms with Crippen LogP contribution in [0.2, 0.25) is 0 Å². The van der Waals surface area contributed by atoms with Crippen molar-refractivity contribution in [1.29, 1.82) is 0 Å². The van der Waals surface area contributed by atoms with Crippen molar-refractivity contribution >= 4 is 0 Å². The van der Waals surface area contributed by atoms with Crippen molar-refractivity contribution in [2.45, 2.75) is 12.8 Å². The van der Waals surface area contributed by atoms with Gasteiger partial charge in [-0.15, -0.1) is 0 Å². The number of hydrogen-bond acceptors (Lipinski definition) is 2. The minimum atomic E-state index is 0.716. The molecule has 0 saturated carbocycles. The Labute approximate surface area is 79.7 Å². The fourth-order valence-electron chi connectivity index (χ4n) is 1.33. The van der Waals surface area contributed by atoms with Crippen molar-refractivity contribution in [3.05, 3.63) is 35.4 Å². The topological polar surface area (TPSA) is 35.2 Å². The van der Waals surface area contributed by atoms with Gasteiger partial charge in [0, 0.05) is 7.11 Å². The Kier molecular flexibility index (Phi) is 4.50. The summed E-state index contributed by atoms with van der Waals surface area (Å²) in [5, 5.41) is 0. The summed E-state index contributed by atoms with van der Waals surface area (Å²) in [7, 11) is 1.73. The van der Waals surface area contributed by atoms with Gasteiger partial charge in [0.1, 0.15) is 0 Å². The zero-order valence-corrected chi connectivity index (χ0v) is 8.12. The molecule has 0 radical (unpaired) electrons. The Hall–Kier alpha value is -0.860. The van der Waals surface area contributed by atoms with Crippen LogP contribution in [0.5, 0.6) is 0 Å². The number of hydrogen-bond donors (Lipinski definition) is 1. The fraction of sp³-hybridized carbons (Fsp3) is 0.455. The molecule has 72 valence electrons. The molecule has 2 nitrogen and oxygen atoms in total. The normalized spacial score (nSPS) is 10.3. The molecule has 0 aliphatic heterocycles. The lowest BCUT2D eigenvalue weighted by Crippen LogP contribution is -2.03. The fourth-order valence-corrected chi connectivity index (χ4v) is 1.33. The van der Waals surface area contributed by atoms with Gasteiger partial charge in [0.25, 0.3) is 0 Å². The largest absolute Gasteiger partial charge is 0.384 e. The molecule has 0 aliphatic rings. The van der Waals surface area contributed by atoms with Crippen LogP contribution >= 0.6 is 0 Å². The van der Waals surface area contributed by atoms with Gasteiger partial charge in [0.05, 0.1) is 6.61 Å². The number of nitrogens with two attached hydrogens (primary N) is 1. The van der Waals surface area contributed by atoms with E-state index in [9.17, 15) is 0 Å². The van der Waals surface area contributed by atoms with E-state index in [2.05, 4.69) is 24.3 Å². The summed E-state index contributed by atoms with van der Waals surface area (Å²) in [5.41, 5.74) is 8.13. The van der Waals surface area contributed by atoms with Gasteiger partial charge in [-0.3, -0.25) is 0 Å². The van der Waals surface area contributed by atoms with E-state index in [1.807, 2.05) is 0 Å². The van der Waals surface area contributed by atoms with Crippen LogP contribution in [0.3, 0.4) is 0 Å². The average molecular weight is 179 g/mol. The minimum absolute atomic E-state index is 0.716. The van der Waals surface area contributed by atoms with Crippen LogP contribution < -0.4 is 5.73 Å². The molecule has 13 heavy (non-hydrogen) atoms. The second kappa shape index (κ2) is 5.73. The minimum Gasteiger partial charge on any atom is -0.384 e. The molecule has 0 saturated heterocycles. The Morgan fingerprint density at radius 2 is 1.92 bits per heavy atom. The molecule has 0 atom stereocenters. The molecule has 0 aliphatic carbocycles. The van der Waals surface area contributed by atoms with Gasteiger partial charge in [0.2, 0.25) is 0 Å². The molecule has 1 aromatic rings. The van der Waals surface area contributed by atoms with E-state index in [4.69, 9.17) is 10.5 Å². The maximum Gasteiger partial charge on any atom is 0.0502 e. The van der Waals surface area contributed by atoms with Crippen LogP contribution in [0.15, 0.2) is 24.3 Å². The quantitative estimate of drug-likeness (QED) is 0.741. The van der Waals surface area contributed by atoms with Crippen molar-refractivity contribution < 1.29 is 4.74 Å². The summed E-state index contributed by atoms with van der Waals surface area (Å²) in [5.74, 6) is 0. The zero-order valence-electron chi connectivity index (χ0n) is 8.12. The standard InChI is InChI=1S/C11H17NO/c1-13-8-6-11-4-2-3-10(9-11)5-7-12/h2-4,9H,5-8,12H2,1H3. The number of benzene rings is 1. The van der Waals surface area contributed by atoms with Crippen LogP contribution in [0, 0.1) is 0 Å². The summed E-state index contributed by atoms with van der Waals surface area (Å²) >= 11 is 0. The Balaban J connectivity index is 2.56. The van der Waals surface area contributed by atoms with Gasteiger partial charge in [-0.2, -0.15) is 0 Å². The highest BCUT2D eigenvalue weighted by molar-refractivity contribution is 5.23. The molecule has 0 amide bonds.